The fourth-order valence-corrected chi connectivity index (χ4v) is 1.92. The largest absolute Gasteiger partial charge is 0.364 e. The topological polar surface area (TPSA) is 62.0 Å². The minimum absolute atomic E-state index is 0.117. The lowest BCUT2D eigenvalue weighted by Crippen LogP contribution is -2.51. The summed E-state index contributed by atoms with van der Waals surface area (Å²) < 4.78 is 0. The maximum atomic E-state index is 11.9. The van der Waals surface area contributed by atoms with Crippen LogP contribution in [0.15, 0.2) is 17.1 Å². The van der Waals surface area contributed by atoms with Crippen LogP contribution in [0.2, 0.25) is 0 Å². The molecule has 4 heteroatoms. The van der Waals surface area contributed by atoms with E-state index in [1.807, 2.05) is 6.92 Å². The Hall–Kier alpha value is -1.58. The number of hydrogen-bond acceptors (Lipinski definition) is 2. The van der Waals surface area contributed by atoms with Crippen molar-refractivity contribution in [3.05, 3.63) is 33.7 Å². The Morgan fingerprint density at radius 3 is 2.69 bits per heavy atom. The van der Waals surface area contributed by atoms with E-state index in [0.717, 1.165) is 25.0 Å². The summed E-state index contributed by atoms with van der Waals surface area (Å²) in [6.07, 6.45) is 4.60. The average Bonchev–Trinajstić information content (AvgIpc) is 2.14. The molecule has 4 nitrogen and oxygen atoms in total. The molecule has 0 aliphatic heterocycles. The van der Waals surface area contributed by atoms with Crippen molar-refractivity contribution in [2.75, 3.05) is 0 Å². The minimum Gasteiger partial charge on any atom is -0.364 e. The molecular weight excluding hydrogens is 204 g/mol. The molecule has 2 N–H and O–H groups in total. The molecule has 1 aliphatic rings. The van der Waals surface area contributed by atoms with Gasteiger partial charge in [0.2, 0.25) is 0 Å². The lowest BCUT2D eigenvalue weighted by molar-refractivity contribution is 0.0849. The predicted octanol–water partition coefficient (Wildman–Crippen LogP) is 1.36. The smallest absolute Gasteiger partial charge is 0.257 e. The van der Waals surface area contributed by atoms with E-state index in [9.17, 15) is 9.59 Å². The molecule has 0 radical (unpaired) electrons. The van der Waals surface area contributed by atoms with Crippen LogP contribution >= 0.6 is 0 Å². The van der Waals surface area contributed by atoms with E-state index >= 15 is 0 Å². The molecule has 0 saturated heterocycles. The van der Waals surface area contributed by atoms with Gasteiger partial charge in [0.05, 0.1) is 0 Å². The van der Waals surface area contributed by atoms with Crippen LogP contribution in [0.1, 0.15) is 42.2 Å². The number of pyridine rings is 1. The van der Waals surface area contributed by atoms with Crippen molar-refractivity contribution in [1.82, 2.24) is 10.3 Å². The Morgan fingerprint density at radius 2 is 2.19 bits per heavy atom. The Morgan fingerprint density at radius 1 is 1.50 bits per heavy atom. The molecule has 1 aliphatic carbocycles. The van der Waals surface area contributed by atoms with Crippen LogP contribution in [-0.2, 0) is 0 Å². The van der Waals surface area contributed by atoms with Crippen molar-refractivity contribution in [2.24, 2.45) is 0 Å². The second-order valence-electron chi connectivity index (χ2n) is 4.76. The minimum atomic E-state index is -0.275. The van der Waals surface area contributed by atoms with Crippen LogP contribution in [0.4, 0.5) is 0 Å². The van der Waals surface area contributed by atoms with E-state index in [1.54, 1.807) is 6.92 Å². The number of hydrogen-bond donors (Lipinski definition) is 2. The van der Waals surface area contributed by atoms with Gasteiger partial charge in [0, 0.05) is 23.5 Å². The number of aryl methyl sites for hydroxylation is 1. The Kier molecular flexibility index (Phi) is 2.58. The quantitative estimate of drug-likeness (QED) is 0.790. The molecule has 1 aromatic rings. The van der Waals surface area contributed by atoms with Gasteiger partial charge in [-0.25, -0.2) is 0 Å². The summed E-state index contributed by atoms with van der Waals surface area (Å²) in [6, 6.07) is 1.44. The summed E-state index contributed by atoms with van der Waals surface area (Å²) in [4.78, 5) is 26.3. The zero-order valence-electron chi connectivity index (χ0n) is 9.59. The first-order chi connectivity index (χ1) is 7.50. The average molecular weight is 220 g/mol. The molecule has 0 bridgehead atoms. The van der Waals surface area contributed by atoms with Crippen LogP contribution in [0.25, 0.3) is 0 Å². The van der Waals surface area contributed by atoms with Gasteiger partial charge in [0.25, 0.3) is 5.91 Å². The van der Waals surface area contributed by atoms with Crippen molar-refractivity contribution in [3.63, 3.8) is 0 Å². The lowest BCUT2D eigenvalue weighted by atomic mass is 9.78. The molecular formula is C12H16N2O2. The Bertz CT molecular complexity index is 472. The van der Waals surface area contributed by atoms with Crippen molar-refractivity contribution < 1.29 is 4.79 Å². The monoisotopic (exact) mass is 220 g/mol. The fourth-order valence-electron chi connectivity index (χ4n) is 1.92. The number of nitrogens with one attached hydrogen (secondary N) is 2. The summed E-state index contributed by atoms with van der Waals surface area (Å²) in [5, 5.41) is 2.91. The van der Waals surface area contributed by atoms with Gasteiger partial charge in [-0.2, -0.15) is 0 Å². The zero-order chi connectivity index (χ0) is 11.8. The molecule has 0 unspecified atom stereocenters. The molecule has 1 heterocycles. The van der Waals surface area contributed by atoms with E-state index in [2.05, 4.69) is 10.3 Å². The summed E-state index contributed by atoms with van der Waals surface area (Å²) in [6.45, 7) is 3.80. The lowest BCUT2D eigenvalue weighted by Gasteiger charge is -2.39. The van der Waals surface area contributed by atoms with Gasteiger partial charge in [-0.1, -0.05) is 0 Å². The molecule has 16 heavy (non-hydrogen) atoms. The number of carbonyl (C=O) groups excluding carboxylic acids is 1. The first-order valence-corrected chi connectivity index (χ1v) is 5.52. The third-order valence-corrected chi connectivity index (χ3v) is 3.17. The number of rotatable bonds is 2. The summed E-state index contributed by atoms with van der Waals surface area (Å²) in [7, 11) is 0. The predicted molar refractivity (Wildman–Crippen MR) is 61.5 cm³/mol. The second-order valence-corrected chi connectivity index (χ2v) is 4.76. The third-order valence-electron chi connectivity index (χ3n) is 3.17. The number of carbonyl (C=O) groups is 1. The third kappa shape index (κ3) is 2.01. The van der Waals surface area contributed by atoms with E-state index in [4.69, 9.17) is 0 Å². The van der Waals surface area contributed by atoms with Crippen LogP contribution in [-0.4, -0.2) is 16.4 Å². The highest BCUT2D eigenvalue weighted by molar-refractivity contribution is 5.94. The van der Waals surface area contributed by atoms with E-state index in [-0.39, 0.29) is 22.4 Å². The normalized spacial score (nSPS) is 17.6. The van der Waals surface area contributed by atoms with E-state index < -0.39 is 0 Å². The highest BCUT2D eigenvalue weighted by atomic mass is 16.2. The Labute approximate surface area is 94.1 Å². The number of aromatic amines is 1. The van der Waals surface area contributed by atoms with Gasteiger partial charge < -0.3 is 10.3 Å². The van der Waals surface area contributed by atoms with Crippen LogP contribution in [0, 0.1) is 6.92 Å². The van der Waals surface area contributed by atoms with Crippen LogP contribution in [0.3, 0.4) is 0 Å². The molecule has 1 fully saturated rings. The Balaban J connectivity index is 2.18. The van der Waals surface area contributed by atoms with Gasteiger partial charge >= 0.3 is 0 Å². The second kappa shape index (κ2) is 3.77. The van der Waals surface area contributed by atoms with Crippen molar-refractivity contribution in [1.29, 1.82) is 0 Å². The van der Waals surface area contributed by atoms with Crippen LogP contribution in [0.5, 0.6) is 0 Å². The van der Waals surface area contributed by atoms with Gasteiger partial charge in [-0.3, -0.25) is 9.59 Å². The maximum Gasteiger partial charge on any atom is 0.257 e. The summed E-state index contributed by atoms with van der Waals surface area (Å²) in [5.41, 5.74) is 0.612. The van der Waals surface area contributed by atoms with Gasteiger partial charge in [-0.15, -0.1) is 0 Å². The molecule has 1 aromatic heterocycles. The SMILES string of the molecule is Cc1cc(=O)c(C(=O)NC2(C)CCC2)c[nH]1. The highest BCUT2D eigenvalue weighted by Crippen LogP contribution is 2.30. The van der Waals surface area contributed by atoms with Gasteiger partial charge in [0.1, 0.15) is 5.56 Å². The van der Waals surface area contributed by atoms with E-state index in [0.29, 0.717) is 0 Å². The molecule has 2 rings (SSSR count). The number of aromatic nitrogens is 1. The van der Waals surface area contributed by atoms with Crippen molar-refractivity contribution in [3.8, 4) is 0 Å². The van der Waals surface area contributed by atoms with Crippen LogP contribution < -0.4 is 10.7 Å². The molecule has 0 spiro atoms. The molecule has 1 amide bonds. The van der Waals surface area contributed by atoms with E-state index in [1.165, 1.54) is 12.3 Å². The molecule has 0 atom stereocenters. The van der Waals surface area contributed by atoms with Gasteiger partial charge in [-0.05, 0) is 33.1 Å². The first-order valence-electron chi connectivity index (χ1n) is 5.52. The van der Waals surface area contributed by atoms with Crippen molar-refractivity contribution in [2.45, 2.75) is 38.6 Å². The fraction of sp³-hybridized carbons (Fsp3) is 0.500. The zero-order valence-corrected chi connectivity index (χ0v) is 9.59. The van der Waals surface area contributed by atoms with Crippen molar-refractivity contribution >= 4 is 5.91 Å². The standard InChI is InChI=1S/C12H16N2O2/c1-8-6-10(15)9(7-13-8)11(16)14-12(2)4-3-5-12/h6-7H,3-5H2,1-2H3,(H,13,15)(H,14,16). The summed E-state index contributed by atoms with van der Waals surface area (Å²) >= 11 is 0. The highest BCUT2D eigenvalue weighted by Gasteiger charge is 2.33. The molecule has 86 valence electrons. The molecule has 0 aromatic carbocycles. The molecule has 1 saturated carbocycles. The van der Waals surface area contributed by atoms with Gasteiger partial charge in [0.15, 0.2) is 5.43 Å². The number of H-pyrrole nitrogens is 1. The maximum absolute atomic E-state index is 11.9. The number of amides is 1. The summed E-state index contributed by atoms with van der Waals surface area (Å²) in [5.74, 6) is -0.275. The first kappa shape index (κ1) is 10.9.